The second kappa shape index (κ2) is 9.23. The number of aromatic nitrogens is 1. The number of aryl methyl sites for hydroxylation is 1. The monoisotopic (exact) mass is 408 g/mol. The van der Waals surface area contributed by atoms with Gasteiger partial charge in [0, 0.05) is 36.5 Å². The third-order valence-electron chi connectivity index (χ3n) is 5.33. The molecule has 0 saturated carbocycles. The van der Waals surface area contributed by atoms with Crippen molar-refractivity contribution >= 4 is 27.5 Å². The summed E-state index contributed by atoms with van der Waals surface area (Å²) < 4.78 is 2.24. The summed E-state index contributed by atoms with van der Waals surface area (Å²) in [7, 11) is 2.11. The van der Waals surface area contributed by atoms with Crippen LogP contribution in [0.2, 0.25) is 0 Å². The van der Waals surface area contributed by atoms with Crippen LogP contribution >= 0.6 is 0 Å². The molecule has 150 valence electrons. The molecule has 4 rings (SSSR count). The SMILES string of the molecule is C[n+]1c2ccccc2c(-c2ccc(N(CCO)CCO)cc2)c2ccccc21.[Cl-]. The lowest BCUT2D eigenvalue weighted by Gasteiger charge is -2.23. The molecule has 0 aliphatic carbocycles. The number of hydrogen-bond acceptors (Lipinski definition) is 3. The van der Waals surface area contributed by atoms with Crippen LogP contribution in [0.1, 0.15) is 0 Å². The van der Waals surface area contributed by atoms with Crippen molar-refractivity contribution in [3.63, 3.8) is 0 Å². The van der Waals surface area contributed by atoms with Gasteiger partial charge in [-0.3, -0.25) is 0 Å². The number of fused-ring (bicyclic) bond motifs is 2. The second-order valence-electron chi connectivity index (χ2n) is 6.95. The molecular weight excluding hydrogens is 384 g/mol. The van der Waals surface area contributed by atoms with Gasteiger partial charge in [-0.25, -0.2) is 0 Å². The summed E-state index contributed by atoms with van der Waals surface area (Å²) in [4.78, 5) is 1.99. The Morgan fingerprint density at radius 3 is 1.69 bits per heavy atom. The summed E-state index contributed by atoms with van der Waals surface area (Å²) in [5, 5.41) is 21.0. The van der Waals surface area contributed by atoms with E-state index in [0.717, 1.165) is 11.3 Å². The van der Waals surface area contributed by atoms with Crippen LogP contribution in [0.5, 0.6) is 0 Å². The number of halogens is 1. The fraction of sp³-hybridized carbons (Fsp3) is 0.208. The summed E-state index contributed by atoms with van der Waals surface area (Å²) in [5.74, 6) is 0. The van der Waals surface area contributed by atoms with E-state index in [1.165, 1.54) is 27.4 Å². The molecule has 1 aromatic heterocycles. The van der Waals surface area contributed by atoms with E-state index in [1.807, 2.05) is 4.90 Å². The van der Waals surface area contributed by atoms with Gasteiger partial charge in [0.05, 0.1) is 24.0 Å². The zero-order chi connectivity index (χ0) is 19.5. The number of anilines is 1. The zero-order valence-electron chi connectivity index (χ0n) is 16.4. The highest BCUT2D eigenvalue weighted by atomic mass is 35.5. The zero-order valence-corrected chi connectivity index (χ0v) is 17.2. The molecule has 0 spiro atoms. The quantitative estimate of drug-likeness (QED) is 0.356. The predicted octanol–water partition coefficient (Wildman–Crippen LogP) is 0.279. The molecule has 0 bridgehead atoms. The molecule has 0 aliphatic rings. The van der Waals surface area contributed by atoms with Crippen molar-refractivity contribution in [3.8, 4) is 11.1 Å². The summed E-state index contributed by atoms with van der Waals surface area (Å²) in [6.45, 7) is 1.14. The van der Waals surface area contributed by atoms with Crippen LogP contribution in [0.15, 0.2) is 72.8 Å². The number of nitrogens with zero attached hydrogens (tertiary/aromatic N) is 2. The van der Waals surface area contributed by atoms with Gasteiger partial charge in [-0.05, 0) is 29.8 Å². The first kappa shape index (κ1) is 21.1. The van der Waals surface area contributed by atoms with E-state index in [0.29, 0.717) is 13.1 Å². The first-order valence-electron chi connectivity index (χ1n) is 9.61. The molecule has 0 unspecified atom stereocenters. The van der Waals surface area contributed by atoms with Crippen LogP contribution in [0.4, 0.5) is 5.69 Å². The van der Waals surface area contributed by atoms with E-state index in [9.17, 15) is 10.2 Å². The summed E-state index contributed by atoms with van der Waals surface area (Å²) >= 11 is 0. The van der Waals surface area contributed by atoms with E-state index in [-0.39, 0.29) is 25.6 Å². The maximum Gasteiger partial charge on any atom is 0.213 e. The largest absolute Gasteiger partial charge is 1.00 e. The summed E-state index contributed by atoms with van der Waals surface area (Å²) in [5.41, 5.74) is 5.78. The Hall–Kier alpha value is -2.66. The molecular formula is C24H25ClN2O2. The van der Waals surface area contributed by atoms with Gasteiger partial charge in [0.2, 0.25) is 11.0 Å². The van der Waals surface area contributed by atoms with E-state index < -0.39 is 0 Å². The van der Waals surface area contributed by atoms with Crippen molar-refractivity contribution in [2.24, 2.45) is 7.05 Å². The van der Waals surface area contributed by atoms with Crippen LogP contribution in [-0.2, 0) is 7.05 Å². The number of pyridine rings is 1. The van der Waals surface area contributed by atoms with Gasteiger partial charge in [0.25, 0.3) is 0 Å². The molecule has 5 heteroatoms. The highest BCUT2D eigenvalue weighted by molar-refractivity contribution is 6.07. The van der Waals surface area contributed by atoms with Crippen molar-refractivity contribution in [1.29, 1.82) is 0 Å². The molecule has 0 amide bonds. The van der Waals surface area contributed by atoms with Crippen LogP contribution < -0.4 is 21.9 Å². The lowest BCUT2D eigenvalue weighted by molar-refractivity contribution is -0.617. The Labute approximate surface area is 177 Å². The van der Waals surface area contributed by atoms with Crippen LogP contribution in [-0.4, -0.2) is 36.5 Å². The van der Waals surface area contributed by atoms with Gasteiger partial charge in [0.15, 0.2) is 0 Å². The Kier molecular flexibility index (Phi) is 6.70. The number of aliphatic hydroxyl groups excluding tert-OH is 2. The smallest absolute Gasteiger partial charge is 0.213 e. The Balaban J connectivity index is 0.00000240. The lowest BCUT2D eigenvalue weighted by atomic mass is 9.95. The Morgan fingerprint density at radius 2 is 1.21 bits per heavy atom. The Morgan fingerprint density at radius 1 is 0.724 bits per heavy atom. The van der Waals surface area contributed by atoms with Crippen LogP contribution in [0, 0.1) is 0 Å². The molecule has 4 nitrogen and oxygen atoms in total. The fourth-order valence-corrected chi connectivity index (χ4v) is 3.99. The number of rotatable bonds is 6. The van der Waals surface area contributed by atoms with Crippen molar-refractivity contribution in [3.05, 3.63) is 72.8 Å². The molecule has 4 aromatic rings. The molecule has 0 atom stereocenters. The summed E-state index contributed by atoms with van der Waals surface area (Å²) in [6.07, 6.45) is 0. The lowest BCUT2D eigenvalue weighted by Crippen LogP contribution is -3.00. The van der Waals surface area contributed by atoms with Crippen molar-refractivity contribution in [2.45, 2.75) is 0 Å². The molecule has 1 heterocycles. The van der Waals surface area contributed by atoms with Crippen molar-refractivity contribution < 1.29 is 27.2 Å². The highest BCUT2D eigenvalue weighted by Gasteiger charge is 2.18. The summed E-state index contributed by atoms with van der Waals surface area (Å²) in [6, 6.07) is 25.4. The molecule has 0 radical (unpaired) electrons. The number of benzene rings is 3. The number of para-hydroxylation sites is 2. The minimum absolute atomic E-state index is 0. The predicted molar refractivity (Wildman–Crippen MR) is 114 cm³/mol. The van der Waals surface area contributed by atoms with Gasteiger partial charge in [-0.2, -0.15) is 4.57 Å². The average Bonchev–Trinajstić information content (AvgIpc) is 2.74. The van der Waals surface area contributed by atoms with E-state index in [1.54, 1.807) is 0 Å². The standard InChI is InChI=1S/C24H25N2O2.ClH/c1-25-22-8-4-2-6-20(22)24(21-7-3-5-9-23(21)25)18-10-12-19(13-11-18)26(14-16-27)15-17-28;/h2-13,27-28H,14-17H2,1H3;1H/q+1;/p-1. The first-order chi connectivity index (χ1) is 13.7. The number of aliphatic hydroxyl groups is 2. The van der Waals surface area contributed by atoms with Gasteiger partial charge in [0.1, 0.15) is 7.05 Å². The maximum absolute atomic E-state index is 9.29. The van der Waals surface area contributed by atoms with Gasteiger partial charge >= 0.3 is 0 Å². The van der Waals surface area contributed by atoms with Gasteiger partial charge < -0.3 is 27.5 Å². The molecule has 0 aliphatic heterocycles. The van der Waals surface area contributed by atoms with Crippen molar-refractivity contribution in [2.75, 3.05) is 31.2 Å². The minimum Gasteiger partial charge on any atom is -1.00 e. The number of hydrogen-bond donors (Lipinski definition) is 2. The minimum atomic E-state index is 0. The second-order valence-corrected chi connectivity index (χ2v) is 6.95. The first-order valence-corrected chi connectivity index (χ1v) is 9.61. The fourth-order valence-electron chi connectivity index (χ4n) is 3.99. The van der Waals surface area contributed by atoms with E-state index in [2.05, 4.69) is 84.4 Å². The molecule has 2 N–H and O–H groups in total. The normalized spacial score (nSPS) is 10.9. The average molecular weight is 409 g/mol. The topological polar surface area (TPSA) is 47.6 Å². The third-order valence-corrected chi connectivity index (χ3v) is 5.33. The molecule has 3 aromatic carbocycles. The highest BCUT2D eigenvalue weighted by Crippen LogP contribution is 2.34. The molecule has 0 fully saturated rings. The van der Waals surface area contributed by atoms with Crippen LogP contribution in [0.3, 0.4) is 0 Å². The van der Waals surface area contributed by atoms with Crippen LogP contribution in [0.25, 0.3) is 32.9 Å². The Bertz CT molecular complexity index is 1050. The van der Waals surface area contributed by atoms with E-state index in [4.69, 9.17) is 0 Å². The van der Waals surface area contributed by atoms with Crippen molar-refractivity contribution in [1.82, 2.24) is 0 Å². The molecule has 0 saturated heterocycles. The van der Waals surface area contributed by atoms with Gasteiger partial charge in [-0.1, -0.05) is 36.4 Å². The molecule has 29 heavy (non-hydrogen) atoms. The third kappa shape index (κ3) is 3.92. The maximum atomic E-state index is 9.29. The van der Waals surface area contributed by atoms with Gasteiger partial charge in [-0.15, -0.1) is 0 Å². The van der Waals surface area contributed by atoms with E-state index >= 15 is 0 Å².